The number of aryl methyl sites for hydroxylation is 4. The van der Waals surface area contributed by atoms with Crippen LogP contribution >= 0.6 is 0 Å². The molecule has 0 amide bonds. The van der Waals surface area contributed by atoms with Crippen LogP contribution in [0.2, 0.25) is 0 Å². The third-order valence-electron chi connectivity index (χ3n) is 6.09. The van der Waals surface area contributed by atoms with Crippen molar-refractivity contribution in [2.24, 2.45) is 0 Å². The Morgan fingerprint density at radius 3 is 2.47 bits per heavy atom. The van der Waals surface area contributed by atoms with Crippen molar-refractivity contribution in [1.82, 2.24) is 25.2 Å². The maximum atomic E-state index is 12.1. The fraction of sp³-hybridized carbons (Fsp3) is 0.185. The Kier molecular flexibility index (Phi) is 6.16. The van der Waals surface area contributed by atoms with Crippen molar-refractivity contribution in [1.29, 1.82) is 0 Å². The van der Waals surface area contributed by atoms with Crippen LogP contribution in [0.4, 0.5) is 0 Å². The Morgan fingerprint density at radius 2 is 1.74 bits per heavy atom. The van der Waals surface area contributed by atoms with Gasteiger partial charge >= 0.3 is 5.97 Å². The fourth-order valence-corrected chi connectivity index (χ4v) is 4.28. The molecule has 0 saturated carbocycles. The minimum Gasteiger partial charge on any atom is -0.465 e. The van der Waals surface area contributed by atoms with Gasteiger partial charge in [-0.3, -0.25) is 0 Å². The summed E-state index contributed by atoms with van der Waals surface area (Å²) in [6.07, 6.45) is 4.60. The molecule has 0 spiro atoms. The molecule has 34 heavy (non-hydrogen) atoms. The van der Waals surface area contributed by atoms with Crippen LogP contribution in [0, 0.1) is 0 Å². The highest BCUT2D eigenvalue weighted by atomic mass is 16.5. The first-order valence-electron chi connectivity index (χ1n) is 11.3. The number of carbonyl (C=O) groups excluding carboxylic acids is 1. The van der Waals surface area contributed by atoms with E-state index in [0.29, 0.717) is 17.8 Å². The highest BCUT2D eigenvalue weighted by Gasteiger charge is 2.14. The van der Waals surface area contributed by atoms with Crippen LogP contribution in [0.5, 0.6) is 0 Å². The molecule has 5 rings (SSSR count). The molecule has 0 aliphatic carbocycles. The lowest BCUT2D eigenvalue weighted by atomic mass is 10.00. The van der Waals surface area contributed by atoms with E-state index in [4.69, 9.17) is 4.74 Å². The number of nitrogens with zero attached hydrogens (tertiary/aromatic N) is 4. The van der Waals surface area contributed by atoms with Crippen molar-refractivity contribution in [2.75, 3.05) is 7.11 Å². The molecule has 7 heteroatoms. The first kappa shape index (κ1) is 21.6. The zero-order valence-electron chi connectivity index (χ0n) is 18.9. The summed E-state index contributed by atoms with van der Waals surface area (Å²) < 4.78 is 7.13. The Hall–Kier alpha value is -4.26. The summed E-state index contributed by atoms with van der Waals surface area (Å²) in [4.78, 5) is 12.1. The van der Waals surface area contributed by atoms with Gasteiger partial charge in [-0.05, 0) is 53.3 Å². The number of carbonyl (C=O) groups is 1. The number of nitrogens with one attached hydrogen (secondary N) is 1. The Labute approximate surface area is 197 Å². The van der Waals surface area contributed by atoms with E-state index in [9.17, 15) is 4.79 Å². The smallest absolute Gasteiger partial charge is 0.337 e. The zero-order valence-corrected chi connectivity index (χ0v) is 18.9. The summed E-state index contributed by atoms with van der Waals surface area (Å²) in [5.41, 5.74) is 6.53. The molecular formula is C27H25N5O2. The normalized spacial score (nSPS) is 11.1. The summed E-state index contributed by atoms with van der Waals surface area (Å²) in [5, 5.41) is 15.3. The van der Waals surface area contributed by atoms with Crippen LogP contribution in [0.15, 0.2) is 79.0 Å². The van der Waals surface area contributed by atoms with Gasteiger partial charge in [-0.25, -0.2) is 4.79 Å². The summed E-state index contributed by atoms with van der Waals surface area (Å²) >= 11 is 0. The van der Waals surface area contributed by atoms with Crippen LogP contribution in [0.3, 0.4) is 0 Å². The highest BCUT2D eigenvalue weighted by molar-refractivity contribution is 5.96. The van der Waals surface area contributed by atoms with Crippen LogP contribution in [0.25, 0.3) is 22.0 Å². The number of ether oxygens (including phenoxy) is 1. The predicted octanol–water partition coefficient (Wildman–Crippen LogP) is 4.64. The molecule has 0 fully saturated rings. The molecule has 0 saturated heterocycles. The van der Waals surface area contributed by atoms with E-state index in [1.165, 1.54) is 29.4 Å². The minimum atomic E-state index is -0.330. The van der Waals surface area contributed by atoms with Crippen LogP contribution in [-0.4, -0.2) is 38.3 Å². The van der Waals surface area contributed by atoms with Crippen molar-refractivity contribution in [2.45, 2.75) is 25.8 Å². The first-order chi connectivity index (χ1) is 16.7. The fourth-order valence-electron chi connectivity index (χ4n) is 4.28. The molecule has 0 bridgehead atoms. The first-order valence-corrected chi connectivity index (χ1v) is 11.3. The van der Waals surface area contributed by atoms with E-state index in [-0.39, 0.29) is 5.97 Å². The van der Waals surface area contributed by atoms with Crippen LogP contribution in [0.1, 0.15) is 27.3 Å². The van der Waals surface area contributed by atoms with Gasteiger partial charge in [-0.15, -0.1) is 10.2 Å². The topological polar surface area (TPSA) is 85.7 Å². The van der Waals surface area contributed by atoms with Gasteiger partial charge in [0.15, 0.2) is 5.82 Å². The van der Waals surface area contributed by atoms with E-state index in [0.717, 1.165) is 30.3 Å². The molecule has 2 heterocycles. The minimum absolute atomic E-state index is 0.330. The SMILES string of the molecule is COC(=O)c1ccc2c(c1)c(CCc1ccc(-c3ccccc3)cc1)cn2CCc1nn[nH]n1. The number of rotatable bonds is 8. The van der Waals surface area contributed by atoms with E-state index < -0.39 is 0 Å². The molecule has 5 aromatic rings. The van der Waals surface area contributed by atoms with Crippen LogP contribution < -0.4 is 0 Å². The number of hydrogen-bond donors (Lipinski definition) is 1. The van der Waals surface area contributed by atoms with Crippen molar-refractivity contribution >= 4 is 16.9 Å². The molecule has 1 N–H and O–H groups in total. The lowest BCUT2D eigenvalue weighted by Crippen LogP contribution is -2.03. The lowest BCUT2D eigenvalue weighted by molar-refractivity contribution is 0.0601. The number of fused-ring (bicyclic) bond motifs is 1. The standard InChI is InChI=1S/C27H25N5O2/c1-34-27(33)22-13-14-25-24(17-22)23(18-32(25)16-15-26-28-30-31-29-26)12-9-19-7-10-21(11-8-19)20-5-3-2-4-6-20/h2-8,10-11,13-14,17-18H,9,12,15-16H2,1H3,(H,28,29,30,31). The summed E-state index contributed by atoms with van der Waals surface area (Å²) in [7, 11) is 1.41. The molecular weight excluding hydrogens is 426 g/mol. The Morgan fingerprint density at radius 1 is 0.941 bits per heavy atom. The Balaban J connectivity index is 1.39. The monoisotopic (exact) mass is 451 g/mol. The van der Waals surface area contributed by atoms with Gasteiger partial charge in [0.1, 0.15) is 0 Å². The number of esters is 1. The second kappa shape index (κ2) is 9.70. The number of aromatic amines is 1. The summed E-state index contributed by atoms with van der Waals surface area (Å²) in [6, 6.07) is 24.8. The van der Waals surface area contributed by atoms with E-state index >= 15 is 0 Å². The third kappa shape index (κ3) is 4.59. The predicted molar refractivity (Wildman–Crippen MR) is 130 cm³/mol. The molecule has 0 atom stereocenters. The second-order valence-electron chi connectivity index (χ2n) is 8.21. The van der Waals surface area contributed by atoms with Crippen molar-refractivity contribution in [3.8, 4) is 11.1 Å². The van der Waals surface area contributed by atoms with Gasteiger partial charge in [0.2, 0.25) is 0 Å². The summed E-state index contributed by atoms with van der Waals surface area (Å²) in [6.45, 7) is 0.722. The maximum Gasteiger partial charge on any atom is 0.337 e. The largest absolute Gasteiger partial charge is 0.465 e. The van der Waals surface area contributed by atoms with Gasteiger partial charge < -0.3 is 9.30 Å². The molecule has 0 unspecified atom stereocenters. The van der Waals surface area contributed by atoms with E-state index in [1.54, 1.807) is 0 Å². The highest BCUT2D eigenvalue weighted by Crippen LogP contribution is 2.26. The van der Waals surface area contributed by atoms with E-state index in [2.05, 4.69) is 79.9 Å². The van der Waals surface area contributed by atoms with E-state index in [1.807, 2.05) is 24.3 Å². The quantitative estimate of drug-likeness (QED) is 0.348. The molecule has 170 valence electrons. The zero-order chi connectivity index (χ0) is 23.3. The Bertz CT molecular complexity index is 1390. The van der Waals surface area contributed by atoms with Gasteiger partial charge in [-0.1, -0.05) is 59.8 Å². The molecule has 2 aromatic heterocycles. The average Bonchev–Trinajstić information content (AvgIpc) is 3.54. The van der Waals surface area contributed by atoms with Gasteiger partial charge in [0.05, 0.1) is 12.7 Å². The lowest BCUT2D eigenvalue weighted by Gasteiger charge is -2.05. The van der Waals surface area contributed by atoms with Gasteiger partial charge in [-0.2, -0.15) is 5.21 Å². The number of H-pyrrole nitrogens is 1. The van der Waals surface area contributed by atoms with Gasteiger partial charge in [0, 0.05) is 30.1 Å². The number of hydrogen-bond acceptors (Lipinski definition) is 5. The molecule has 0 aliphatic heterocycles. The second-order valence-corrected chi connectivity index (χ2v) is 8.21. The molecule has 0 radical (unpaired) electrons. The number of methoxy groups -OCH3 is 1. The summed E-state index contributed by atoms with van der Waals surface area (Å²) in [5.74, 6) is 0.344. The third-order valence-corrected chi connectivity index (χ3v) is 6.09. The average molecular weight is 452 g/mol. The maximum absolute atomic E-state index is 12.1. The molecule has 3 aromatic carbocycles. The molecule has 0 aliphatic rings. The number of tetrazole rings is 1. The van der Waals surface area contributed by atoms with Crippen molar-refractivity contribution in [3.63, 3.8) is 0 Å². The molecule has 7 nitrogen and oxygen atoms in total. The number of aromatic nitrogens is 5. The van der Waals surface area contributed by atoms with Crippen molar-refractivity contribution in [3.05, 3.63) is 102 Å². The van der Waals surface area contributed by atoms with Gasteiger partial charge in [0.25, 0.3) is 0 Å². The van der Waals surface area contributed by atoms with Crippen LogP contribution in [-0.2, 0) is 30.5 Å². The van der Waals surface area contributed by atoms with Crippen molar-refractivity contribution < 1.29 is 9.53 Å². The number of benzene rings is 3.